The molecular weight excluding hydrogens is 284 g/mol. The summed E-state index contributed by atoms with van der Waals surface area (Å²) in [6.07, 6.45) is 9.31. The first-order chi connectivity index (χ1) is 11.3. The van der Waals surface area contributed by atoms with Crippen LogP contribution < -0.4 is 10.5 Å². The molecule has 126 valence electrons. The molecule has 3 nitrogen and oxygen atoms in total. The maximum atomic E-state index is 5.86. The molecule has 1 saturated heterocycles. The van der Waals surface area contributed by atoms with Gasteiger partial charge in [-0.25, -0.2) is 0 Å². The summed E-state index contributed by atoms with van der Waals surface area (Å²) in [5, 5.41) is 0. The summed E-state index contributed by atoms with van der Waals surface area (Å²) in [5.41, 5.74) is 8.76. The zero-order valence-electron chi connectivity index (χ0n) is 14.2. The molecular formula is C20H30N2O. The van der Waals surface area contributed by atoms with Crippen LogP contribution in [0.1, 0.15) is 43.2 Å². The molecule has 1 heterocycles. The Kier molecular flexibility index (Phi) is 5.39. The van der Waals surface area contributed by atoms with E-state index in [1.807, 2.05) is 0 Å². The first-order valence-corrected chi connectivity index (χ1v) is 9.07. The van der Waals surface area contributed by atoms with Crippen LogP contribution in [0.2, 0.25) is 0 Å². The van der Waals surface area contributed by atoms with Crippen molar-refractivity contribution in [3.63, 3.8) is 0 Å². The smallest absolute Gasteiger partial charge is 0.119 e. The molecule has 0 radical (unpaired) electrons. The van der Waals surface area contributed by atoms with Crippen LogP contribution >= 0.6 is 0 Å². The third kappa shape index (κ3) is 3.61. The molecule has 2 aliphatic rings. The Bertz CT molecular complexity index is 536. The Balaban J connectivity index is 1.74. The summed E-state index contributed by atoms with van der Waals surface area (Å²) in [5.74, 6) is 0.990. The van der Waals surface area contributed by atoms with Crippen molar-refractivity contribution in [1.82, 2.24) is 4.90 Å². The van der Waals surface area contributed by atoms with E-state index in [2.05, 4.69) is 35.8 Å². The first kappa shape index (κ1) is 16.5. The van der Waals surface area contributed by atoms with Crippen molar-refractivity contribution in [2.75, 3.05) is 32.8 Å². The highest BCUT2D eigenvalue weighted by molar-refractivity contribution is 5.50. The molecule has 1 unspecified atom stereocenters. The molecule has 1 aliphatic heterocycles. The fourth-order valence-electron chi connectivity index (χ4n) is 4.13. The minimum Gasteiger partial charge on any atom is -0.494 e. The molecule has 1 atom stereocenters. The molecule has 1 fully saturated rings. The lowest BCUT2D eigenvalue weighted by Gasteiger charge is -2.47. The predicted molar refractivity (Wildman–Crippen MR) is 96.1 cm³/mol. The molecule has 1 aliphatic carbocycles. The van der Waals surface area contributed by atoms with Gasteiger partial charge >= 0.3 is 0 Å². The van der Waals surface area contributed by atoms with Gasteiger partial charge in [0.2, 0.25) is 0 Å². The van der Waals surface area contributed by atoms with Crippen LogP contribution in [0.3, 0.4) is 0 Å². The van der Waals surface area contributed by atoms with Crippen molar-refractivity contribution in [1.29, 1.82) is 0 Å². The lowest BCUT2D eigenvalue weighted by molar-refractivity contribution is 0.162. The SMILES string of the molecule is C=CCC1(CN2CCCCC2)Cc2ccc(OCCCN)cc21. The molecule has 23 heavy (non-hydrogen) atoms. The van der Waals surface area contributed by atoms with Crippen molar-refractivity contribution < 1.29 is 4.74 Å². The van der Waals surface area contributed by atoms with E-state index in [4.69, 9.17) is 10.5 Å². The van der Waals surface area contributed by atoms with Gasteiger partial charge in [-0.1, -0.05) is 18.6 Å². The second kappa shape index (κ2) is 7.50. The summed E-state index contributed by atoms with van der Waals surface area (Å²) in [6, 6.07) is 6.61. The van der Waals surface area contributed by atoms with Gasteiger partial charge in [-0.3, -0.25) is 0 Å². The lowest BCUT2D eigenvalue weighted by Crippen LogP contribution is -2.49. The highest BCUT2D eigenvalue weighted by Gasteiger charge is 2.43. The Labute approximate surface area is 140 Å². The number of likely N-dealkylation sites (tertiary alicyclic amines) is 1. The number of nitrogens with two attached hydrogens (primary N) is 1. The third-order valence-corrected chi connectivity index (χ3v) is 5.31. The molecule has 2 N–H and O–H groups in total. The van der Waals surface area contributed by atoms with Gasteiger partial charge < -0.3 is 15.4 Å². The predicted octanol–water partition coefficient (Wildman–Crippen LogP) is 3.27. The lowest BCUT2D eigenvalue weighted by atomic mass is 9.61. The Morgan fingerprint density at radius 3 is 2.83 bits per heavy atom. The zero-order valence-corrected chi connectivity index (χ0v) is 14.2. The first-order valence-electron chi connectivity index (χ1n) is 9.07. The second-order valence-electron chi connectivity index (χ2n) is 7.10. The van der Waals surface area contributed by atoms with E-state index >= 15 is 0 Å². The molecule has 0 aromatic heterocycles. The Morgan fingerprint density at radius 2 is 2.09 bits per heavy atom. The number of rotatable bonds is 8. The van der Waals surface area contributed by atoms with Crippen LogP contribution in [-0.2, 0) is 11.8 Å². The van der Waals surface area contributed by atoms with Gasteiger partial charge in [-0.15, -0.1) is 6.58 Å². The van der Waals surface area contributed by atoms with Crippen LogP contribution in [0.4, 0.5) is 0 Å². The van der Waals surface area contributed by atoms with Crippen molar-refractivity contribution in [2.24, 2.45) is 5.73 Å². The highest BCUT2D eigenvalue weighted by atomic mass is 16.5. The largest absolute Gasteiger partial charge is 0.494 e. The van der Waals surface area contributed by atoms with Gasteiger partial charge in [0.05, 0.1) is 6.61 Å². The van der Waals surface area contributed by atoms with Crippen molar-refractivity contribution >= 4 is 0 Å². The number of allylic oxidation sites excluding steroid dienone is 1. The minimum absolute atomic E-state index is 0.252. The number of piperidine rings is 1. The summed E-state index contributed by atoms with van der Waals surface area (Å²) < 4.78 is 5.86. The topological polar surface area (TPSA) is 38.5 Å². The fraction of sp³-hybridized carbons (Fsp3) is 0.600. The second-order valence-corrected chi connectivity index (χ2v) is 7.10. The number of fused-ring (bicyclic) bond motifs is 1. The van der Waals surface area contributed by atoms with Crippen molar-refractivity contribution in [3.8, 4) is 5.75 Å². The van der Waals surface area contributed by atoms with E-state index in [1.54, 1.807) is 0 Å². The van der Waals surface area contributed by atoms with Crippen molar-refractivity contribution in [3.05, 3.63) is 42.0 Å². The summed E-state index contributed by atoms with van der Waals surface area (Å²) in [7, 11) is 0. The molecule has 0 amide bonds. The zero-order chi connectivity index (χ0) is 16.1. The molecule has 0 spiro atoms. The standard InChI is InChI=1S/C20H30N2O/c1-2-9-20(16-22-11-4-3-5-12-22)15-17-7-8-18(14-19(17)20)23-13-6-10-21/h2,7-8,14H,1,3-6,9-13,15-16,21H2. The molecule has 3 heteroatoms. The monoisotopic (exact) mass is 314 g/mol. The maximum Gasteiger partial charge on any atom is 0.119 e. The average molecular weight is 314 g/mol. The summed E-state index contributed by atoms with van der Waals surface area (Å²) in [4.78, 5) is 2.65. The Morgan fingerprint density at radius 1 is 1.26 bits per heavy atom. The number of ether oxygens (including phenoxy) is 1. The molecule has 1 aromatic carbocycles. The van der Waals surface area contributed by atoms with Gasteiger partial charge in [0.1, 0.15) is 5.75 Å². The molecule has 1 aromatic rings. The number of hydrogen-bond acceptors (Lipinski definition) is 3. The Hall–Kier alpha value is -1.32. The number of benzene rings is 1. The normalized spacial score (nSPS) is 23.9. The van der Waals surface area contributed by atoms with Crippen LogP contribution in [-0.4, -0.2) is 37.7 Å². The van der Waals surface area contributed by atoms with E-state index in [0.717, 1.165) is 25.1 Å². The van der Waals surface area contributed by atoms with E-state index in [0.29, 0.717) is 13.2 Å². The van der Waals surface area contributed by atoms with Gasteiger partial charge in [-0.2, -0.15) is 0 Å². The highest BCUT2D eigenvalue weighted by Crippen LogP contribution is 2.46. The maximum absolute atomic E-state index is 5.86. The van der Waals surface area contributed by atoms with Gasteiger partial charge in [0, 0.05) is 12.0 Å². The van der Waals surface area contributed by atoms with Crippen LogP contribution in [0.5, 0.6) is 5.75 Å². The number of hydrogen-bond donors (Lipinski definition) is 1. The summed E-state index contributed by atoms with van der Waals surface area (Å²) >= 11 is 0. The van der Waals surface area contributed by atoms with E-state index in [1.165, 1.54) is 49.9 Å². The van der Waals surface area contributed by atoms with Gasteiger partial charge in [0.15, 0.2) is 0 Å². The number of nitrogens with zero attached hydrogens (tertiary/aromatic N) is 1. The molecule has 0 bridgehead atoms. The molecule has 0 saturated carbocycles. The quantitative estimate of drug-likeness (QED) is 0.591. The van der Waals surface area contributed by atoms with E-state index < -0.39 is 0 Å². The van der Waals surface area contributed by atoms with Crippen LogP contribution in [0, 0.1) is 0 Å². The van der Waals surface area contributed by atoms with E-state index in [-0.39, 0.29) is 5.41 Å². The van der Waals surface area contributed by atoms with Gasteiger partial charge in [0.25, 0.3) is 0 Å². The molecule has 3 rings (SSSR count). The average Bonchev–Trinajstić information content (AvgIpc) is 2.56. The minimum atomic E-state index is 0.252. The van der Waals surface area contributed by atoms with Gasteiger partial charge in [-0.05, 0) is 75.0 Å². The summed E-state index contributed by atoms with van der Waals surface area (Å²) in [6.45, 7) is 9.06. The third-order valence-electron chi connectivity index (χ3n) is 5.31. The van der Waals surface area contributed by atoms with Crippen LogP contribution in [0.25, 0.3) is 0 Å². The van der Waals surface area contributed by atoms with Crippen molar-refractivity contribution in [2.45, 2.75) is 43.9 Å². The van der Waals surface area contributed by atoms with E-state index in [9.17, 15) is 0 Å². The fourth-order valence-corrected chi connectivity index (χ4v) is 4.13. The van der Waals surface area contributed by atoms with Crippen LogP contribution in [0.15, 0.2) is 30.9 Å².